The van der Waals surface area contributed by atoms with Crippen LogP contribution in [0.2, 0.25) is 39.3 Å². The molecule has 0 spiro atoms. The Labute approximate surface area is 164 Å². The molecule has 23 heavy (non-hydrogen) atoms. The third-order valence-electron chi connectivity index (χ3n) is 5.22. The number of rotatable bonds is 6. The molecule has 0 aromatic heterocycles. The molecule has 0 bridgehead atoms. The van der Waals surface area contributed by atoms with Gasteiger partial charge in [-0.05, 0) is 55.1 Å². The molecule has 0 N–H and O–H groups in total. The standard InChI is InChI=1S/C17H36S4Si2/c1-22(2,3)16(18-12-8-13-19-16)10-7-11-17(23(4,5)6)20-14-9-15-21-17/h7-15H2,1-6H3. The lowest BCUT2D eigenvalue weighted by atomic mass is 10.3. The van der Waals surface area contributed by atoms with E-state index < -0.39 is 16.1 Å². The Kier molecular flexibility index (Phi) is 7.57. The minimum atomic E-state index is -1.14. The van der Waals surface area contributed by atoms with Crippen molar-refractivity contribution in [2.24, 2.45) is 0 Å². The average Bonchev–Trinajstić information content (AvgIpc) is 2.47. The molecule has 136 valence electrons. The van der Waals surface area contributed by atoms with Gasteiger partial charge in [0.1, 0.15) is 0 Å². The fraction of sp³-hybridized carbons (Fsp3) is 1.00. The SMILES string of the molecule is C[Si](C)(C)C1(CCCC2([Si](C)(C)C)SCCCS2)SCCCS1. The van der Waals surface area contributed by atoms with Gasteiger partial charge in [-0.15, -0.1) is 47.0 Å². The Morgan fingerprint density at radius 3 is 1.17 bits per heavy atom. The summed E-state index contributed by atoms with van der Waals surface area (Å²) in [4.78, 5) is 0. The monoisotopic (exact) mass is 424 g/mol. The highest BCUT2D eigenvalue weighted by Crippen LogP contribution is 2.55. The summed E-state index contributed by atoms with van der Waals surface area (Å²) in [6, 6.07) is 0. The molecule has 2 saturated heterocycles. The lowest BCUT2D eigenvalue weighted by Gasteiger charge is -2.48. The molecule has 0 aliphatic carbocycles. The zero-order valence-electron chi connectivity index (χ0n) is 16.0. The van der Waals surface area contributed by atoms with Gasteiger partial charge in [-0.25, -0.2) is 0 Å². The van der Waals surface area contributed by atoms with Crippen LogP contribution < -0.4 is 0 Å². The molecule has 0 aromatic carbocycles. The van der Waals surface area contributed by atoms with Gasteiger partial charge >= 0.3 is 0 Å². The molecule has 0 nitrogen and oxygen atoms in total. The molecule has 2 aliphatic heterocycles. The molecule has 6 heteroatoms. The van der Waals surface area contributed by atoms with Gasteiger partial charge in [0.15, 0.2) is 0 Å². The van der Waals surface area contributed by atoms with Gasteiger partial charge < -0.3 is 0 Å². The summed E-state index contributed by atoms with van der Waals surface area (Å²) in [7, 11) is -2.28. The summed E-state index contributed by atoms with van der Waals surface area (Å²) >= 11 is 9.33. The van der Waals surface area contributed by atoms with Crippen LogP contribution in [-0.2, 0) is 0 Å². The predicted molar refractivity (Wildman–Crippen MR) is 125 cm³/mol. The molecule has 0 saturated carbocycles. The Morgan fingerprint density at radius 1 is 0.609 bits per heavy atom. The Morgan fingerprint density at radius 2 is 0.913 bits per heavy atom. The number of hydrogen-bond donors (Lipinski definition) is 0. The maximum Gasteiger partial charge on any atom is 0.0752 e. The minimum Gasteiger partial charge on any atom is -0.148 e. The van der Waals surface area contributed by atoms with Crippen LogP contribution in [0.1, 0.15) is 32.1 Å². The fourth-order valence-electron chi connectivity index (χ4n) is 3.61. The topological polar surface area (TPSA) is 0 Å². The highest BCUT2D eigenvalue weighted by atomic mass is 32.2. The van der Waals surface area contributed by atoms with Crippen molar-refractivity contribution in [2.75, 3.05) is 23.0 Å². The van der Waals surface area contributed by atoms with E-state index >= 15 is 0 Å². The fourth-order valence-corrected chi connectivity index (χ4v) is 19.3. The van der Waals surface area contributed by atoms with E-state index in [9.17, 15) is 0 Å². The van der Waals surface area contributed by atoms with Crippen molar-refractivity contribution in [2.45, 2.75) is 78.8 Å². The molecule has 2 aliphatic rings. The number of hydrogen-bond acceptors (Lipinski definition) is 4. The van der Waals surface area contributed by atoms with Crippen molar-refractivity contribution in [1.29, 1.82) is 0 Å². The van der Waals surface area contributed by atoms with Crippen LogP contribution in [0.3, 0.4) is 0 Å². The molecule has 0 atom stereocenters. The maximum atomic E-state index is 2.61. The molecule has 0 aromatic rings. The summed E-state index contributed by atoms with van der Waals surface area (Å²) in [5.74, 6) is 5.61. The molecular weight excluding hydrogens is 389 g/mol. The third-order valence-corrected chi connectivity index (χ3v) is 25.4. The second-order valence-electron chi connectivity index (χ2n) is 8.96. The van der Waals surface area contributed by atoms with Crippen LogP contribution in [0.15, 0.2) is 0 Å². The molecule has 0 radical (unpaired) electrons. The van der Waals surface area contributed by atoms with Gasteiger partial charge in [-0.2, -0.15) is 0 Å². The summed E-state index contributed by atoms with van der Waals surface area (Å²) in [6.07, 6.45) is 7.23. The predicted octanol–water partition coefficient (Wildman–Crippen LogP) is 7.04. The van der Waals surface area contributed by atoms with Crippen molar-refractivity contribution >= 4 is 63.2 Å². The Bertz CT molecular complexity index is 339. The first-order chi connectivity index (χ1) is 10.6. The zero-order chi connectivity index (χ0) is 17.2. The first-order valence-electron chi connectivity index (χ1n) is 9.18. The number of thioether (sulfide) groups is 4. The van der Waals surface area contributed by atoms with Gasteiger partial charge in [0.25, 0.3) is 0 Å². The quantitative estimate of drug-likeness (QED) is 0.419. The third kappa shape index (κ3) is 4.97. The van der Waals surface area contributed by atoms with Gasteiger partial charge in [0.2, 0.25) is 0 Å². The molecule has 0 amide bonds. The lowest BCUT2D eigenvalue weighted by Crippen LogP contribution is -2.51. The van der Waals surface area contributed by atoms with E-state index in [2.05, 4.69) is 86.3 Å². The zero-order valence-corrected chi connectivity index (χ0v) is 21.3. The van der Waals surface area contributed by atoms with Crippen molar-refractivity contribution in [3.63, 3.8) is 0 Å². The Balaban J connectivity index is 2.03. The second-order valence-corrected chi connectivity index (χ2v) is 27.2. The smallest absolute Gasteiger partial charge is 0.0752 e. The van der Waals surface area contributed by atoms with E-state index in [1.54, 1.807) is 0 Å². The van der Waals surface area contributed by atoms with Gasteiger partial charge in [0.05, 0.1) is 23.6 Å². The van der Waals surface area contributed by atoms with Crippen LogP contribution in [0, 0.1) is 0 Å². The lowest BCUT2D eigenvalue weighted by molar-refractivity contribution is 0.693. The highest BCUT2D eigenvalue weighted by Gasteiger charge is 2.48. The van der Waals surface area contributed by atoms with Crippen LogP contribution in [-0.4, -0.2) is 46.6 Å². The van der Waals surface area contributed by atoms with E-state index in [1.165, 1.54) is 55.1 Å². The molecule has 2 rings (SSSR count). The first kappa shape index (κ1) is 21.1. The minimum absolute atomic E-state index is 0.593. The van der Waals surface area contributed by atoms with Gasteiger partial charge in [-0.3, -0.25) is 0 Å². The first-order valence-corrected chi connectivity index (χ1v) is 20.1. The van der Waals surface area contributed by atoms with E-state index in [4.69, 9.17) is 0 Å². The van der Waals surface area contributed by atoms with Crippen LogP contribution in [0.4, 0.5) is 0 Å². The van der Waals surface area contributed by atoms with Crippen LogP contribution >= 0.6 is 47.0 Å². The van der Waals surface area contributed by atoms with E-state index in [0.29, 0.717) is 7.40 Å². The highest BCUT2D eigenvalue weighted by molar-refractivity contribution is 8.21. The molecule has 2 fully saturated rings. The second kappa shape index (κ2) is 8.24. The van der Waals surface area contributed by atoms with Gasteiger partial charge in [-0.1, -0.05) is 39.3 Å². The van der Waals surface area contributed by atoms with Crippen molar-refractivity contribution in [1.82, 2.24) is 0 Å². The van der Waals surface area contributed by atoms with E-state index in [-0.39, 0.29) is 0 Å². The normalized spacial score (nSPS) is 25.3. The van der Waals surface area contributed by atoms with E-state index in [1.807, 2.05) is 0 Å². The van der Waals surface area contributed by atoms with E-state index in [0.717, 1.165) is 0 Å². The van der Waals surface area contributed by atoms with Gasteiger partial charge in [0, 0.05) is 0 Å². The van der Waals surface area contributed by atoms with Crippen LogP contribution in [0.25, 0.3) is 0 Å². The summed E-state index contributed by atoms with van der Waals surface area (Å²) in [5, 5.41) is 0. The van der Waals surface area contributed by atoms with Crippen molar-refractivity contribution in [3.05, 3.63) is 0 Å². The summed E-state index contributed by atoms with van der Waals surface area (Å²) in [5.41, 5.74) is 0. The Hall–Kier alpha value is 1.83. The average molecular weight is 425 g/mol. The molecular formula is C17H36S4Si2. The molecule has 2 heterocycles. The van der Waals surface area contributed by atoms with Crippen LogP contribution in [0.5, 0.6) is 0 Å². The summed E-state index contributed by atoms with van der Waals surface area (Å²) in [6.45, 7) is 15.6. The van der Waals surface area contributed by atoms with Crippen molar-refractivity contribution < 1.29 is 0 Å². The summed E-state index contributed by atoms with van der Waals surface area (Å²) < 4.78 is 1.19. The largest absolute Gasteiger partial charge is 0.148 e. The van der Waals surface area contributed by atoms with Crippen molar-refractivity contribution in [3.8, 4) is 0 Å². The molecule has 0 unspecified atom stereocenters. The maximum absolute atomic E-state index is 2.61.